The van der Waals surface area contributed by atoms with Crippen molar-refractivity contribution in [1.82, 2.24) is 20.3 Å². The molecule has 1 aliphatic heterocycles. The number of carbonyl (C=O) groups excluding carboxylic acids is 1. The minimum absolute atomic E-state index is 0.0742. The van der Waals surface area contributed by atoms with Crippen molar-refractivity contribution in [1.29, 1.82) is 0 Å². The summed E-state index contributed by atoms with van der Waals surface area (Å²) in [5, 5.41) is 22.3. The molecule has 0 spiro atoms. The minimum atomic E-state index is -0.585. The van der Waals surface area contributed by atoms with Gasteiger partial charge in [-0.1, -0.05) is 12.1 Å². The molecule has 1 amide bonds. The summed E-state index contributed by atoms with van der Waals surface area (Å²) in [6.07, 6.45) is 1.13. The Hall–Kier alpha value is -3.87. The second kappa shape index (κ2) is 9.09. The number of piperazine rings is 1. The number of nitrogens with zero attached hydrogens (tertiary/aromatic N) is 6. The molecule has 1 aromatic carbocycles. The fourth-order valence-corrected chi connectivity index (χ4v) is 2.97. The zero-order chi connectivity index (χ0) is 21.7. The zero-order valence-corrected chi connectivity index (χ0v) is 16.1. The lowest BCUT2D eigenvalue weighted by atomic mass is 10.1. The van der Waals surface area contributed by atoms with Gasteiger partial charge in [0, 0.05) is 38.3 Å². The molecule has 0 atom stereocenters. The van der Waals surface area contributed by atoms with Gasteiger partial charge in [0.05, 0.1) is 16.3 Å². The van der Waals surface area contributed by atoms with Crippen LogP contribution < -0.4 is 15.8 Å². The molecular formula is C17H20N8O5. The van der Waals surface area contributed by atoms with E-state index in [1.54, 1.807) is 0 Å². The summed E-state index contributed by atoms with van der Waals surface area (Å²) < 4.78 is 0. The molecule has 2 aromatic rings. The van der Waals surface area contributed by atoms with Crippen LogP contribution in [0.2, 0.25) is 0 Å². The SMILES string of the molecule is CN1CCN(c2ncnc(NNC(=O)Cc3ccc([N+](=O)[O-])cc3)c2[N+](=O)[O-])CC1. The average Bonchev–Trinajstić information content (AvgIpc) is 2.72. The summed E-state index contributed by atoms with van der Waals surface area (Å²) in [7, 11) is 1.97. The Labute approximate surface area is 171 Å². The van der Waals surface area contributed by atoms with E-state index in [-0.39, 0.29) is 29.4 Å². The van der Waals surface area contributed by atoms with Crippen LogP contribution in [0.25, 0.3) is 0 Å². The zero-order valence-electron chi connectivity index (χ0n) is 16.1. The largest absolute Gasteiger partial charge is 0.355 e. The number of likely N-dealkylation sites (N-methyl/N-ethyl adjacent to an activating group) is 1. The van der Waals surface area contributed by atoms with Gasteiger partial charge in [-0.25, -0.2) is 9.97 Å². The molecule has 1 aromatic heterocycles. The van der Waals surface area contributed by atoms with E-state index in [0.29, 0.717) is 18.7 Å². The summed E-state index contributed by atoms with van der Waals surface area (Å²) >= 11 is 0. The number of rotatable bonds is 7. The quantitative estimate of drug-likeness (QED) is 0.486. The topological polar surface area (TPSA) is 160 Å². The first-order chi connectivity index (χ1) is 14.3. The Morgan fingerprint density at radius 2 is 1.73 bits per heavy atom. The van der Waals surface area contributed by atoms with E-state index in [1.165, 1.54) is 30.6 Å². The van der Waals surface area contributed by atoms with E-state index >= 15 is 0 Å². The first-order valence-electron chi connectivity index (χ1n) is 9.06. The molecule has 0 saturated carbocycles. The number of hydrazine groups is 1. The maximum atomic E-state index is 12.2. The monoisotopic (exact) mass is 416 g/mol. The Balaban J connectivity index is 1.68. The van der Waals surface area contributed by atoms with Gasteiger partial charge < -0.3 is 9.80 Å². The lowest BCUT2D eigenvalue weighted by Gasteiger charge is -2.32. The molecule has 30 heavy (non-hydrogen) atoms. The third-order valence-corrected chi connectivity index (χ3v) is 4.62. The van der Waals surface area contributed by atoms with Crippen LogP contribution in [0.1, 0.15) is 5.56 Å². The second-order valence-corrected chi connectivity index (χ2v) is 6.72. The van der Waals surface area contributed by atoms with Crippen molar-refractivity contribution in [3.8, 4) is 0 Å². The Kier molecular flexibility index (Phi) is 6.32. The maximum Gasteiger partial charge on any atom is 0.355 e. The number of carbonyl (C=O) groups is 1. The summed E-state index contributed by atoms with van der Waals surface area (Å²) in [6, 6.07) is 5.54. The van der Waals surface area contributed by atoms with Gasteiger partial charge in [-0.2, -0.15) is 0 Å². The molecule has 3 rings (SSSR count). The number of anilines is 2. The van der Waals surface area contributed by atoms with Crippen molar-refractivity contribution in [3.05, 3.63) is 56.4 Å². The van der Waals surface area contributed by atoms with Crippen molar-refractivity contribution >= 4 is 28.9 Å². The molecule has 1 aliphatic rings. The highest BCUT2D eigenvalue weighted by atomic mass is 16.6. The third-order valence-electron chi connectivity index (χ3n) is 4.62. The van der Waals surface area contributed by atoms with Crippen molar-refractivity contribution in [2.24, 2.45) is 0 Å². The third kappa shape index (κ3) is 4.94. The predicted molar refractivity (Wildman–Crippen MR) is 107 cm³/mol. The first kappa shape index (κ1) is 20.9. The van der Waals surface area contributed by atoms with Gasteiger partial charge in [-0.3, -0.25) is 35.9 Å². The van der Waals surface area contributed by atoms with Crippen molar-refractivity contribution in [2.75, 3.05) is 43.6 Å². The number of nitro groups is 2. The summed E-state index contributed by atoms with van der Waals surface area (Å²) in [4.78, 5) is 45.3. The summed E-state index contributed by atoms with van der Waals surface area (Å²) in [6.45, 7) is 2.66. The van der Waals surface area contributed by atoms with E-state index in [0.717, 1.165) is 13.1 Å². The molecular weight excluding hydrogens is 396 g/mol. The van der Waals surface area contributed by atoms with Crippen LogP contribution in [0, 0.1) is 20.2 Å². The molecule has 1 fully saturated rings. The number of nitro benzene ring substituents is 1. The average molecular weight is 416 g/mol. The molecule has 13 nitrogen and oxygen atoms in total. The van der Waals surface area contributed by atoms with Crippen LogP contribution in [0.4, 0.5) is 23.0 Å². The van der Waals surface area contributed by atoms with Gasteiger partial charge in [0.1, 0.15) is 6.33 Å². The highest BCUT2D eigenvalue weighted by Gasteiger charge is 2.28. The molecule has 13 heteroatoms. The van der Waals surface area contributed by atoms with Gasteiger partial charge in [-0.15, -0.1) is 0 Å². The van der Waals surface area contributed by atoms with E-state index in [1.807, 2.05) is 11.9 Å². The Morgan fingerprint density at radius 1 is 1.07 bits per heavy atom. The molecule has 0 radical (unpaired) electrons. The van der Waals surface area contributed by atoms with Crippen LogP contribution in [0.15, 0.2) is 30.6 Å². The predicted octanol–water partition coefficient (Wildman–Crippen LogP) is 0.731. The number of hydrogen-bond donors (Lipinski definition) is 2. The molecule has 158 valence electrons. The number of amides is 1. The van der Waals surface area contributed by atoms with Crippen LogP contribution >= 0.6 is 0 Å². The normalized spacial score (nSPS) is 14.2. The van der Waals surface area contributed by atoms with Crippen molar-refractivity contribution in [3.63, 3.8) is 0 Å². The minimum Gasteiger partial charge on any atom is -0.348 e. The van der Waals surface area contributed by atoms with Crippen LogP contribution in [-0.4, -0.2) is 63.8 Å². The van der Waals surface area contributed by atoms with Crippen molar-refractivity contribution in [2.45, 2.75) is 6.42 Å². The van der Waals surface area contributed by atoms with Crippen molar-refractivity contribution < 1.29 is 14.6 Å². The highest BCUT2D eigenvalue weighted by molar-refractivity contribution is 5.81. The number of benzene rings is 1. The molecule has 2 heterocycles. The van der Waals surface area contributed by atoms with Gasteiger partial charge in [0.15, 0.2) is 0 Å². The molecule has 0 bridgehead atoms. The fraction of sp³-hybridized carbons (Fsp3) is 0.353. The van der Waals surface area contributed by atoms with Crippen LogP contribution in [0.3, 0.4) is 0 Å². The van der Waals surface area contributed by atoms with Gasteiger partial charge in [0.2, 0.25) is 17.5 Å². The van der Waals surface area contributed by atoms with Gasteiger partial charge in [0.25, 0.3) is 5.69 Å². The molecule has 2 N–H and O–H groups in total. The van der Waals surface area contributed by atoms with E-state index in [9.17, 15) is 25.0 Å². The van der Waals surface area contributed by atoms with E-state index in [4.69, 9.17) is 0 Å². The number of nitrogens with one attached hydrogen (secondary N) is 2. The molecule has 0 aliphatic carbocycles. The number of hydrogen-bond acceptors (Lipinski definition) is 10. The Morgan fingerprint density at radius 3 is 2.33 bits per heavy atom. The fourth-order valence-electron chi connectivity index (χ4n) is 2.97. The standard InChI is InChI=1S/C17H20N8O5/c1-22-6-8-23(9-7-22)17-15(25(29)30)16(18-11-19-17)21-20-14(26)10-12-2-4-13(5-3-12)24(27)28/h2-5,11H,6-10H2,1H3,(H,20,26)(H,18,19,21). The Bertz CT molecular complexity index is 944. The second-order valence-electron chi connectivity index (χ2n) is 6.72. The lowest BCUT2D eigenvalue weighted by Crippen LogP contribution is -2.45. The van der Waals surface area contributed by atoms with E-state index < -0.39 is 15.8 Å². The van der Waals surface area contributed by atoms with Crippen LogP contribution in [0.5, 0.6) is 0 Å². The highest BCUT2D eigenvalue weighted by Crippen LogP contribution is 2.31. The number of aromatic nitrogens is 2. The summed E-state index contributed by atoms with van der Waals surface area (Å²) in [5.41, 5.74) is 5.02. The van der Waals surface area contributed by atoms with Gasteiger partial charge in [-0.05, 0) is 12.6 Å². The molecule has 1 saturated heterocycles. The maximum absolute atomic E-state index is 12.2. The summed E-state index contributed by atoms with van der Waals surface area (Å²) in [5.74, 6) is -0.422. The van der Waals surface area contributed by atoms with E-state index in [2.05, 4.69) is 25.7 Å². The molecule has 0 unspecified atom stereocenters. The van der Waals surface area contributed by atoms with Crippen LogP contribution in [-0.2, 0) is 11.2 Å². The smallest absolute Gasteiger partial charge is 0.348 e. The lowest BCUT2D eigenvalue weighted by molar-refractivity contribution is -0.384. The first-order valence-corrected chi connectivity index (χ1v) is 9.06. The number of non-ortho nitro benzene ring substituents is 1. The van der Waals surface area contributed by atoms with Gasteiger partial charge >= 0.3 is 5.69 Å².